The zero-order valence-corrected chi connectivity index (χ0v) is 20.4. The lowest BCUT2D eigenvalue weighted by Gasteiger charge is -2.24. The zero-order valence-electron chi connectivity index (χ0n) is 18.0. The van der Waals surface area contributed by atoms with Crippen LogP contribution in [0, 0.1) is 6.92 Å². The number of amides is 1. The number of ether oxygens (including phenoxy) is 1. The van der Waals surface area contributed by atoms with Crippen LogP contribution in [0.4, 0.5) is 4.79 Å². The molecule has 0 saturated heterocycles. The third-order valence-electron chi connectivity index (χ3n) is 3.76. The summed E-state index contributed by atoms with van der Waals surface area (Å²) in [6.07, 6.45) is 6.54. The van der Waals surface area contributed by atoms with Crippen molar-refractivity contribution in [3.05, 3.63) is 18.0 Å². The van der Waals surface area contributed by atoms with Crippen molar-refractivity contribution in [3.8, 4) is 0 Å². The van der Waals surface area contributed by atoms with E-state index in [0.29, 0.717) is 19.0 Å². The Labute approximate surface area is 186 Å². The molecular weight excluding hydrogens is 471 g/mol. The van der Waals surface area contributed by atoms with Gasteiger partial charge in [-0.15, -0.1) is 24.0 Å². The van der Waals surface area contributed by atoms with Crippen LogP contribution >= 0.6 is 24.0 Å². The van der Waals surface area contributed by atoms with Gasteiger partial charge in [-0.05, 0) is 39.7 Å². The second-order valence-electron chi connectivity index (χ2n) is 7.65. The van der Waals surface area contributed by atoms with Crippen molar-refractivity contribution in [2.75, 3.05) is 20.1 Å². The number of guanidine groups is 1. The Balaban J connectivity index is 0.00000729. The summed E-state index contributed by atoms with van der Waals surface area (Å²) in [6, 6.07) is 0.0793. The average Bonchev–Trinajstić information content (AvgIpc) is 2.99. The van der Waals surface area contributed by atoms with Crippen LogP contribution in [0.15, 0.2) is 17.4 Å². The van der Waals surface area contributed by atoms with Gasteiger partial charge in [-0.3, -0.25) is 9.67 Å². The summed E-state index contributed by atoms with van der Waals surface area (Å²) >= 11 is 0. The van der Waals surface area contributed by atoms with E-state index in [4.69, 9.17) is 4.74 Å². The van der Waals surface area contributed by atoms with E-state index in [9.17, 15) is 4.79 Å². The Morgan fingerprint density at radius 1 is 1.36 bits per heavy atom. The Bertz CT molecular complexity index is 597. The van der Waals surface area contributed by atoms with E-state index in [-0.39, 0.29) is 30.0 Å². The number of hydrogen-bond acceptors (Lipinski definition) is 4. The molecule has 28 heavy (non-hydrogen) atoms. The number of hydrogen-bond donors (Lipinski definition) is 3. The zero-order chi connectivity index (χ0) is 20.3. The molecule has 1 atom stereocenters. The van der Waals surface area contributed by atoms with Gasteiger partial charge in [0.25, 0.3) is 0 Å². The molecule has 1 heterocycles. The van der Waals surface area contributed by atoms with E-state index in [1.165, 1.54) is 0 Å². The maximum atomic E-state index is 11.9. The predicted octanol–water partition coefficient (Wildman–Crippen LogP) is 3.06. The van der Waals surface area contributed by atoms with E-state index < -0.39 is 11.7 Å². The first-order valence-corrected chi connectivity index (χ1v) is 9.66. The van der Waals surface area contributed by atoms with Crippen molar-refractivity contribution in [2.45, 2.75) is 72.1 Å². The van der Waals surface area contributed by atoms with Crippen LogP contribution < -0.4 is 16.0 Å². The molecule has 9 heteroatoms. The van der Waals surface area contributed by atoms with Gasteiger partial charge >= 0.3 is 6.09 Å². The van der Waals surface area contributed by atoms with Crippen molar-refractivity contribution < 1.29 is 9.53 Å². The van der Waals surface area contributed by atoms with E-state index in [2.05, 4.69) is 33.0 Å². The molecule has 0 saturated carbocycles. The molecule has 0 spiro atoms. The largest absolute Gasteiger partial charge is 0.444 e. The standard InChI is InChI=1S/C19H36N6O2.HI/c1-7-8-9-16(13-22-18(26)27-19(3,4)5)24-17(20-6)21-10-11-25-14-15(2)12-23-25;/h12,14,16H,7-11,13H2,1-6H3,(H,22,26)(H2,20,21,24);1H. The summed E-state index contributed by atoms with van der Waals surface area (Å²) in [5.41, 5.74) is 0.643. The van der Waals surface area contributed by atoms with Gasteiger partial charge in [-0.25, -0.2) is 4.79 Å². The van der Waals surface area contributed by atoms with Gasteiger partial charge < -0.3 is 20.7 Å². The predicted molar refractivity (Wildman–Crippen MR) is 124 cm³/mol. The minimum absolute atomic E-state index is 0. The van der Waals surface area contributed by atoms with Crippen LogP contribution in [-0.2, 0) is 11.3 Å². The molecule has 1 unspecified atom stereocenters. The topological polar surface area (TPSA) is 92.6 Å². The first kappa shape index (κ1) is 26.5. The summed E-state index contributed by atoms with van der Waals surface area (Å²) in [7, 11) is 1.74. The van der Waals surface area contributed by atoms with Crippen molar-refractivity contribution in [1.29, 1.82) is 0 Å². The lowest BCUT2D eigenvalue weighted by atomic mass is 10.1. The molecule has 0 aromatic carbocycles. The number of rotatable bonds is 9. The fourth-order valence-corrected chi connectivity index (χ4v) is 2.46. The number of aromatic nitrogens is 2. The molecule has 0 fully saturated rings. The van der Waals surface area contributed by atoms with Crippen LogP contribution in [0.5, 0.6) is 0 Å². The number of carbonyl (C=O) groups excluding carboxylic acids is 1. The van der Waals surface area contributed by atoms with E-state index in [1.54, 1.807) is 7.05 Å². The van der Waals surface area contributed by atoms with Crippen LogP contribution in [0.25, 0.3) is 0 Å². The summed E-state index contributed by atoms with van der Waals surface area (Å²) < 4.78 is 7.20. The van der Waals surface area contributed by atoms with Gasteiger partial charge in [0.05, 0.1) is 12.7 Å². The van der Waals surface area contributed by atoms with Crippen LogP contribution in [-0.4, -0.2) is 53.6 Å². The Hall–Kier alpha value is -1.52. The Kier molecular flexibility index (Phi) is 12.9. The van der Waals surface area contributed by atoms with Crippen LogP contribution in [0.2, 0.25) is 0 Å². The number of nitrogens with one attached hydrogen (secondary N) is 3. The van der Waals surface area contributed by atoms with Gasteiger partial charge in [-0.2, -0.15) is 5.10 Å². The molecule has 3 N–H and O–H groups in total. The van der Waals surface area contributed by atoms with Gasteiger partial charge in [0.15, 0.2) is 5.96 Å². The molecule has 0 bridgehead atoms. The molecule has 0 aliphatic rings. The lowest BCUT2D eigenvalue weighted by molar-refractivity contribution is 0.0523. The Morgan fingerprint density at radius 3 is 2.61 bits per heavy atom. The fourth-order valence-electron chi connectivity index (χ4n) is 2.46. The average molecular weight is 508 g/mol. The summed E-state index contributed by atoms with van der Waals surface area (Å²) in [5, 5.41) is 13.8. The molecule has 0 radical (unpaired) electrons. The highest BCUT2D eigenvalue weighted by Gasteiger charge is 2.18. The third-order valence-corrected chi connectivity index (χ3v) is 3.76. The maximum Gasteiger partial charge on any atom is 0.407 e. The quantitative estimate of drug-likeness (QED) is 0.271. The van der Waals surface area contributed by atoms with E-state index >= 15 is 0 Å². The number of aryl methyl sites for hydroxylation is 1. The highest BCUT2D eigenvalue weighted by atomic mass is 127. The number of aliphatic imine (C=N–C) groups is 1. The number of carbonyl (C=O) groups is 1. The first-order valence-electron chi connectivity index (χ1n) is 9.66. The minimum atomic E-state index is -0.501. The second-order valence-corrected chi connectivity index (χ2v) is 7.65. The van der Waals surface area contributed by atoms with Gasteiger partial charge in [0.2, 0.25) is 0 Å². The second kappa shape index (κ2) is 13.6. The summed E-state index contributed by atoms with van der Waals surface area (Å²) in [5.74, 6) is 0.714. The highest BCUT2D eigenvalue weighted by molar-refractivity contribution is 14.0. The lowest BCUT2D eigenvalue weighted by Crippen LogP contribution is -2.49. The van der Waals surface area contributed by atoms with E-state index in [1.807, 2.05) is 44.8 Å². The molecule has 162 valence electrons. The number of unbranched alkanes of at least 4 members (excludes halogenated alkanes) is 1. The molecule has 1 rings (SSSR count). The SMILES string of the molecule is CCCCC(CNC(=O)OC(C)(C)C)NC(=NC)NCCn1cc(C)cn1.I. The van der Waals surface area contributed by atoms with Crippen molar-refractivity contribution >= 4 is 36.0 Å². The Morgan fingerprint density at radius 2 is 2.07 bits per heavy atom. The number of alkyl carbamates (subject to hydrolysis) is 1. The van der Waals surface area contributed by atoms with Gasteiger partial charge in [-0.1, -0.05) is 19.8 Å². The molecular formula is C19H37IN6O2. The van der Waals surface area contributed by atoms with E-state index in [0.717, 1.165) is 31.4 Å². The molecule has 1 aromatic heterocycles. The minimum Gasteiger partial charge on any atom is -0.444 e. The molecule has 0 aliphatic carbocycles. The van der Waals surface area contributed by atoms with Crippen LogP contribution in [0.1, 0.15) is 52.5 Å². The molecule has 8 nitrogen and oxygen atoms in total. The smallest absolute Gasteiger partial charge is 0.407 e. The molecule has 1 aromatic rings. The highest BCUT2D eigenvalue weighted by Crippen LogP contribution is 2.07. The van der Waals surface area contributed by atoms with Gasteiger partial charge in [0.1, 0.15) is 5.60 Å². The van der Waals surface area contributed by atoms with Gasteiger partial charge in [0, 0.05) is 32.4 Å². The van der Waals surface area contributed by atoms with Crippen molar-refractivity contribution in [1.82, 2.24) is 25.7 Å². The van der Waals surface area contributed by atoms with Crippen molar-refractivity contribution in [3.63, 3.8) is 0 Å². The van der Waals surface area contributed by atoms with Crippen LogP contribution in [0.3, 0.4) is 0 Å². The molecule has 1 amide bonds. The number of halogens is 1. The number of nitrogens with zero attached hydrogens (tertiary/aromatic N) is 3. The third kappa shape index (κ3) is 12.0. The van der Waals surface area contributed by atoms with Crippen molar-refractivity contribution in [2.24, 2.45) is 4.99 Å². The fraction of sp³-hybridized carbons (Fsp3) is 0.737. The first-order chi connectivity index (χ1) is 12.7. The normalized spacial score (nSPS) is 12.7. The maximum absolute atomic E-state index is 11.9. The molecule has 0 aliphatic heterocycles. The summed E-state index contributed by atoms with van der Waals surface area (Å²) in [4.78, 5) is 16.2. The summed E-state index contributed by atoms with van der Waals surface area (Å²) in [6.45, 7) is 11.7. The monoisotopic (exact) mass is 508 g/mol.